The lowest BCUT2D eigenvalue weighted by Crippen LogP contribution is -2.19. The van der Waals surface area contributed by atoms with Gasteiger partial charge in [-0.3, -0.25) is 10.1 Å². The highest BCUT2D eigenvalue weighted by molar-refractivity contribution is 5.71. The number of hydrogen-bond acceptors (Lipinski definition) is 3. The van der Waals surface area contributed by atoms with Crippen LogP contribution >= 0.6 is 0 Å². The molecular formula is C17H18O4. The summed E-state index contributed by atoms with van der Waals surface area (Å²) in [4.78, 5) is 15.1. The lowest BCUT2D eigenvalue weighted by atomic mass is 9.95. The topological polar surface area (TPSA) is 66.8 Å². The molecule has 0 saturated heterocycles. The van der Waals surface area contributed by atoms with Crippen LogP contribution in [0.15, 0.2) is 48.5 Å². The second-order valence-corrected chi connectivity index (χ2v) is 5.45. The van der Waals surface area contributed by atoms with Gasteiger partial charge in [-0.05, 0) is 36.1 Å². The summed E-state index contributed by atoms with van der Waals surface area (Å²) in [6, 6.07) is 15.1. The molecule has 0 aromatic heterocycles. The van der Waals surface area contributed by atoms with Crippen LogP contribution in [0.2, 0.25) is 0 Å². The molecule has 0 bridgehead atoms. The van der Waals surface area contributed by atoms with Gasteiger partial charge >= 0.3 is 5.97 Å². The van der Waals surface area contributed by atoms with Gasteiger partial charge in [-0.2, -0.15) is 0 Å². The average molecular weight is 286 g/mol. The number of hydrogen-bond donors (Lipinski definition) is 2. The Balaban J connectivity index is 2.21. The summed E-state index contributed by atoms with van der Waals surface area (Å²) in [6.07, 6.45) is 0.0290. The highest BCUT2D eigenvalue weighted by atomic mass is 17.1. The number of carboxylic acid groups (broad SMARTS) is 1. The van der Waals surface area contributed by atoms with Crippen molar-refractivity contribution in [2.24, 2.45) is 0 Å². The molecule has 2 aromatic rings. The Bertz CT molecular complexity index is 612. The molecule has 0 heterocycles. The monoisotopic (exact) mass is 286 g/mol. The molecule has 4 heteroatoms. The Morgan fingerprint density at radius 2 is 1.48 bits per heavy atom. The Morgan fingerprint density at radius 3 is 1.90 bits per heavy atom. The summed E-state index contributed by atoms with van der Waals surface area (Å²) >= 11 is 0. The van der Waals surface area contributed by atoms with Gasteiger partial charge in [-0.15, -0.1) is 0 Å². The fourth-order valence-electron chi connectivity index (χ4n) is 2.11. The van der Waals surface area contributed by atoms with E-state index in [0.717, 1.165) is 22.3 Å². The summed E-state index contributed by atoms with van der Waals surface area (Å²) in [6.45, 7) is 3.56. The first-order valence-corrected chi connectivity index (χ1v) is 6.66. The van der Waals surface area contributed by atoms with Crippen LogP contribution in [0.25, 0.3) is 11.1 Å². The molecule has 0 amide bonds. The third kappa shape index (κ3) is 3.68. The van der Waals surface area contributed by atoms with Gasteiger partial charge in [-0.25, -0.2) is 4.89 Å². The van der Waals surface area contributed by atoms with E-state index >= 15 is 0 Å². The van der Waals surface area contributed by atoms with Gasteiger partial charge in [0.05, 0.1) is 6.42 Å². The standard InChI is InChI=1S/C17H18O4/c1-17(2,21-20)15-9-7-14(8-10-15)13-5-3-12(4-6-13)11-16(18)19/h3-10,20H,11H2,1-2H3,(H,18,19). The largest absolute Gasteiger partial charge is 0.481 e. The first-order chi connectivity index (χ1) is 9.92. The lowest BCUT2D eigenvalue weighted by molar-refractivity contribution is -0.318. The Labute approximate surface area is 123 Å². The molecule has 0 unspecified atom stereocenters. The Hall–Kier alpha value is -2.17. The SMILES string of the molecule is CC(C)(OO)c1ccc(-c2ccc(CC(=O)O)cc2)cc1. The summed E-state index contributed by atoms with van der Waals surface area (Å²) in [7, 11) is 0. The third-order valence-electron chi connectivity index (χ3n) is 3.45. The van der Waals surface area contributed by atoms with Gasteiger partial charge in [0.25, 0.3) is 0 Å². The van der Waals surface area contributed by atoms with Gasteiger partial charge in [0.15, 0.2) is 0 Å². The van der Waals surface area contributed by atoms with E-state index in [9.17, 15) is 4.79 Å². The Kier molecular flexibility index (Phi) is 4.40. The summed E-state index contributed by atoms with van der Waals surface area (Å²) in [5.41, 5.74) is 2.94. The minimum absolute atomic E-state index is 0.0290. The molecule has 110 valence electrons. The maximum atomic E-state index is 10.7. The van der Waals surface area contributed by atoms with Gasteiger partial charge in [0.1, 0.15) is 5.60 Å². The molecule has 0 spiro atoms. The normalized spacial score (nSPS) is 11.4. The van der Waals surface area contributed by atoms with E-state index in [1.165, 1.54) is 0 Å². The van der Waals surface area contributed by atoms with Gasteiger partial charge < -0.3 is 5.11 Å². The van der Waals surface area contributed by atoms with E-state index in [1.807, 2.05) is 48.5 Å². The highest BCUT2D eigenvalue weighted by Gasteiger charge is 2.21. The van der Waals surface area contributed by atoms with Crippen LogP contribution in [0.1, 0.15) is 25.0 Å². The third-order valence-corrected chi connectivity index (χ3v) is 3.45. The van der Waals surface area contributed by atoms with Crippen molar-refractivity contribution >= 4 is 5.97 Å². The van der Waals surface area contributed by atoms with Crippen LogP contribution < -0.4 is 0 Å². The maximum Gasteiger partial charge on any atom is 0.307 e. The van der Waals surface area contributed by atoms with Gasteiger partial charge in [0.2, 0.25) is 0 Å². The van der Waals surface area contributed by atoms with E-state index in [4.69, 9.17) is 10.4 Å². The van der Waals surface area contributed by atoms with Crippen molar-refractivity contribution in [3.8, 4) is 11.1 Å². The van der Waals surface area contributed by atoms with E-state index < -0.39 is 11.6 Å². The van der Waals surface area contributed by atoms with Crippen LogP contribution in [-0.4, -0.2) is 16.3 Å². The molecule has 0 aliphatic heterocycles. The molecule has 21 heavy (non-hydrogen) atoms. The second kappa shape index (κ2) is 6.08. The second-order valence-electron chi connectivity index (χ2n) is 5.45. The van der Waals surface area contributed by atoms with Crippen LogP contribution in [-0.2, 0) is 21.7 Å². The number of carbonyl (C=O) groups is 1. The van der Waals surface area contributed by atoms with Gasteiger partial charge in [0, 0.05) is 0 Å². The van der Waals surface area contributed by atoms with Crippen molar-refractivity contribution in [2.75, 3.05) is 0 Å². The highest BCUT2D eigenvalue weighted by Crippen LogP contribution is 2.27. The minimum Gasteiger partial charge on any atom is -0.481 e. The van der Waals surface area contributed by atoms with Crippen molar-refractivity contribution < 1.29 is 20.0 Å². The molecule has 0 radical (unpaired) electrons. The molecule has 0 fully saturated rings. The molecular weight excluding hydrogens is 268 g/mol. The molecule has 2 N–H and O–H groups in total. The van der Waals surface area contributed by atoms with Crippen LogP contribution in [0.3, 0.4) is 0 Å². The lowest BCUT2D eigenvalue weighted by Gasteiger charge is -2.21. The molecule has 4 nitrogen and oxygen atoms in total. The number of aliphatic carboxylic acids is 1. The molecule has 2 rings (SSSR count). The number of rotatable bonds is 5. The first kappa shape index (κ1) is 15.2. The fraction of sp³-hybridized carbons (Fsp3) is 0.235. The first-order valence-electron chi connectivity index (χ1n) is 6.66. The van der Waals surface area contributed by atoms with E-state index in [0.29, 0.717) is 0 Å². The Morgan fingerprint density at radius 1 is 1.00 bits per heavy atom. The zero-order valence-electron chi connectivity index (χ0n) is 12.0. The van der Waals surface area contributed by atoms with E-state index in [2.05, 4.69) is 4.89 Å². The number of benzene rings is 2. The van der Waals surface area contributed by atoms with Gasteiger partial charge in [-0.1, -0.05) is 48.5 Å². The predicted octanol–water partition coefficient (Wildman–Crippen LogP) is 3.71. The number of carboxylic acids is 1. The minimum atomic E-state index is -0.835. The average Bonchev–Trinajstić information content (AvgIpc) is 2.47. The molecule has 0 aliphatic carbocycles. The van der Waals surface area contributed by atoms with Crippen molar-refractivity contribution in [3.63, 3.8) is 0 Å². The van der Waals surface area contributed by atoms with Crippen molar-refractivity contribution in [1.29, 1.82) is 0 Å². The van der Waals surface area contributed by atoms with Crippen molar-refractivity contribution in [2.45, 2.75) is 25.9 Å². The summed E-state index contributed by atoms with van der Waals surface area (Å²) < 4.78 is 0. The van der Waals surface area contributed by atoms with Crippen molar-refractivity contribution in [3.05, 3.63) is 59.7 Å². The molecule has 0 atom stereocenters. The quantitative estimate of drug-likeness (QED) is 0.649. The summed E-state index contributed by atoms with van der Waals surface area (Å²) in [5.74, 6) is -0.835. The zero-order valence-corrected chi connectivity index (χ0v) is 12.0. The fourth-order valence-corrected chi connectivity index (χ4v) is 2.11. The summed E-state index contributed by atoms with van der Waals surface area (Å²) in [5, 5.41) is 17.6. The molecule has 2 aromatic carbocycles. The maximum absolute atomic E-state index is 10.7. The van der Waals surface area contributed by atoms with Crippen LogP contribution in [0.4, 0.5) is 0 Å². The smallest absolute Gasteiger partial charge is 0.307 e. The van der Waals surface area contributed by atoms with Crippen LogP contribution in [0, 0.1) is 0 Å². The van der Waals surface area contributed by atoms with E-state index in [1.54, 1.807) is 13.8 Å². The van der Waals surface area contributed by atoms with Crippen molar-refractivity contribution in [1.82, 2.24) is 0 Å². The molecule has 0 aliphatic rings. The van der Waals surface area contributed by atoms with E-state index in [-0.39, 0.29) is 6.42 Å². The zero-order chi connectivity index (χ0) is 15.5. The van der Waals surface area contributed by atoms with Crippen LogP contribution in [0.5, 0.6) is 0 Å². The predicted molar refractivity (Wildman–Crippen MR) is 80.0 cm³/mol. The molecule has 0 saturated carbocycles.